The van der Waals surface area contributed by atoms with Crippen molar-refractivity contribution in [3.05, 3.63) is 88.3 Å². The second-order valence-electron chi connectivity index (χ2n) is 5.88. The van der Waals surface area contributed by atoms with Crippen molar-refractivity contribution in [1.82, 2.24) is 15.3 Å². The largest absolute Gasteiger partial charge is 0.365 e. The zero-order valence-corrected chi connectivity index (χ0v) is 15.1. The van der Waals surface area contributed by atoms with E-state index in [-0.39, 0.29) is 11.6 Å². The van der Waals surface area contributed by atoms with Crippen LogP contribution in [0.5, 0.6) is 0 Å². The molecule has 0 spiro atoms. The van der Waals surface area contributed by atoms with E-state index in [1.165, 1.54) is 6.20 Å². The Morgan fingerprint density at radius 1 is 1.00 bits per heavy atom. The van der Waals surface area contributed by atoms with E-state index in [0.29, 0.717) is 23.9 Å². The molecular weight excluding hydrogens is 348 g/mol. The zero-order chi connectivity index (χ0) is 18.4. The van der Waals surface area contributed by atoms with Crippen LogP contribution in [-0.2, 0) is 13.1 Å². The van der Waals surface area contributed by atoms with Crippen LogP contribution >= 0.6 is 11.6 Å². The van der Waals surface area contributed by atoms with Crippen LogP contribution in [0, 0.1) is 6.92 Å². The second kappa shape index (κ2) is 8.45. The summed E-state index contributed by atoms with van der Waals surface area (Å²) < 4.78 is 0. The third-order valence-electron chi connectivity index (χ3n) is 3.97. The summed E-state index contributed by atoms with van der Waals surface area (Å²) >= 11 is 5.87. The monoisotopic (exact) mass is 366 g/mol. The molecule has 132 valence electrons. The van der Waals surface area contributed by atoms with Crippen LogP contribution in [0.25, 0.3) is 0 Å². The van der Waals surface area contributed by atoms with Crippen molar-refractivity contribution in [2.75, 3.05) is 5.32 Å². The number of nitrogens with zero attached hydrogens (tertiary/aromatic N) is 2. The van der Waals surface area contributed by atoms with Gasteiger partial charge in [0.25, 0.3) is 5.91 Å². The maximum absolute atomic E-state index is 12.2. The summed E-state index contributed by atoms with van der Waals surface area (Å²) in [6.07, 6.45) is 3.02. The van der Waals surface area contributed by atoms with Crippen LogP contribution in [0.1, 0.15) is 27.2 Å². The highest BCUT2D eigenvalue weighted by atomic mass is 35.5. The zero-order valence-electron chi connectivity index (χ0n) is 14.4. The SMILES string of the molecule is Cc1ccccc1CNC(=O)c1cnc(NCc2ccc(Cl)cc2)cn1. The van der Waals surface area contributed by atoms with Crippen molar-refractivity contribution >= 4 is 23.3 Å². The number of hydrogen-bond donors (Lipinski definition) is 2. The number of amides is 1. The maximum Gasteiger partial charge on any atom is 0.271 e. The number of rotatable bonds is 6. The third-order valence-corrected chi connectivity index (χ3v) is 4.22. The molecule has 0 unspecified atom stereocenters. The van der Waals surface area contributed by atoms with Crippen LogP contribution in [0.3, 0.4) is 0 Å². The number of carbonyl (C=O) groups is 1. The molecule has 0 aliphatic rings. The van der Waals surface area contributed by atoms with Gasteiger partial charge in [-0.3, -0.25) is 4.79 Å². The smallest absolute Gasteiger partial charge is 0.271 e. The number of carbonyl (C=O) groups excluding carboxylic acids is 1. The number of aryl methyl sites for hydroxylation is 1. The van der Waals surface area contributed by atoms with Crippen molar-refractivity contribution in [3.8, 4) is 0 Å². The highest BCUT2D eigenvalue weighted by Crippen LogP contribution is 2.11. The first-order valence-electron chi connectivity index (χ1n) is 8.25. The Balaban J connectivity index is 1.54. The van der Waals surface area contributed by atoms with Gasteiger partial charge in [0.2, 0.25) is 0 Å². The summed E-state index contributed by atoms with van der Waals surface area (Å²) in [5, 5.41) is 6.73. The molecule has 0 fully saturated rings. The van der Waals surface area contributed by atoms with Crippen molar-refractivity contribution in [2.45, 2.75) is 20.0 Å². The Morgan fingerprint density at radius 3 is 2.46 bits per heavy atom. The molecule has 5 nitrogen and oxygen atoms in total. The summed E-state index contributed by atoms with van der Waals surface area (Å²) in [5.74, 6) is 0.361. The van der Waals surface area contributed by atoms with E-state index in [0.717, 1.165) is 16.7 Å². The average Bonchev–Trinajstić information content (AvgIpc) is 2.67. The average molecular weight is 367 g/mol. The lowest BCUT2D eigenvalue weighted by atomic mass is 10.1. The van der Waals surface area contributed by atoms with Gasteiger partial charge in [0.1, 0.15) is 11.5 Å². The quantitative estimate of drug-likeness (QED) is 0.692. The van der Waals surface area contributed by atoms with Gasteiger partial charge < -0.3 is 10.6 Å². The molecule has 0 aliphatic carbocycles. The minimum absolute atomic E-state index is 0.245. The predicted octanol–water partition coefficient (Wildman–Crippen LogP) is 3.98. The van der Waals surface area contributed by atoms with E-state index in [9.17, 15) is 4.79 Å². The molecule has 0 atom stereocenters. The minimum Gasteiger partial charge on any atom is -0.365 e. The highest BCUT2D eigenvalue weighted by Gasteiger charge is 2.08. The number of anilines is 1. The Hall–Kier alpha value is -2.92. The maximum atomic E-state index is 12.2. The Kier molecular flexibility index (Phi) is 5.81. The fourth-order valence-electron chi connectivity index (χ4n) is 2.41. The van der Waals surface area contributed by atoms with Crippen molar-refractivity contribution in [3.63, 3.8) is 0 Å². The fraction of sp³-hybridized carbons (Fsp3) is 0.150. The summed E-state index contributed by atoms with van der Waals surface area (Å²) in [7, 11) is 0. The van der Waals surface area contributed by atoms with Gasteiger partial charge in [-0.05, 0) is 35.7 Å². The molecule has 0 saturated carbocycles. The van der Waals surface area contributed by atoms with Crippen molar-refractivity contribution in [2.24, 2.45) is 0 Å². The molecule has 2 N–H and O–H groups in total. The van der Waals surface area contributed by atoms with E-state index in [4.69, 9.17) is 11.6 Å². The molecule has 1 amide bonds. The first-order chi connectivity index (χ1) is 12.6. The summed E-state index contributed by atoms with van der Waals surface area (Å²) in [6.45, 7) is 3.08. The topological polar surface area (TPSA) is 66.9 Å². The Bertz CT molecular complexity index is 879. The molecule has 0 radical (unpaired) electrons. The van der Waals surface area contributed by atoms with Crippen LogP contribution in [0.4, 0.5) is 5.82 Å². The number of benzene rings is 2. The van der Waals surface area contributed by atoms with Gasteiger partial charge in [0, 0.05) is 18.1 Å². The van der Waals surface area contributed by atoms with Crippen LogP contribution < -0.4 is 10.6 Å². The van der Waals surface area contributed by atoms with Gasteiger partial charge in [-0.25, -0.2) is 9.97 Å². The lowest BCUT2D eigenvalue weighted by molar-refractivity contribution is 0.0945. The van der Waals surface area contributed by atoms with Gasteiger partial charge in [0.15, 0.2) is 0 Å². The molecule has 0 aliphatic heterocycles. The molecule has 1 aromatic heterocycles. The van der Waals surface area contributed by atoms with Crippen LogP contribution in [0.15, 0.2) is 60.9 Å². The lowest BCUT2D eigenvalue weighted by Gasteiger charge is -2.08. The van der Waals surface area contributed by atoms with Gasteiger partial charge >= 0.3 is 0 Å². The first kappa shape index (κ1) is 17.9. The third kappa shape index (κ3) is 4.80. The molecule has 3 rings (SSSR count). The molecular formula is C20H19ClN4O. The standard InChI is InChI=1S/C20H19ClN4O/c1-14-4-2-3-5-16(14)11-25-20(26)18-12-24-19(13-22-18)23-10-15-6-8-17(21)9-7-15/h2-9,12-13H,10-11H2,1H3,(H,23,24)(H,25,26). The van der Waals surface area contributed by atoms with Gasteiger partial charge in [-0.1, -0.05) is 48.0 Å². The van der Waals surface area contributed by atoms with E-state index in [2.05, 4.69) is 20.6 Å². The normalized spacial score (nSPS) is 10.4. The molecule has 1 heterocycles. The number of hydrogen-bond acceptors (Lipinski definition) is 4. The van der Waals surface area contributed by atoms with E-state index < -0.39 is 0 Å². The summed E-state index contributed by atoms with van der Waals surface area (Å²) in [4.78, 5) is 20.6. The number of aromatic nitrogens is 2. The van der Waals surface area contributed by atoms with Crippen molar-refractivity contribution in [1.29, 1.82) is 0 Å². The first-order valence-corrected chi connectivity index (χ1v) is 8.62. The van der Waals surface area contributed by atoms with Gasteiger partial charge in [-0.15, -0.1) is 0 Å². The number of nitrogens with one attached hydrogen (secondary N) is 2. The molecule has 0 saturated heterocycles. The molecule has 3 aromatic rings. The number of halogens is 1. The van der Waals surface area contributed by atoms with Gasteiger partial charge in [0.05, 0.1) is 12.4 Å². The Labute approximate surface area is 157 Å². The second-order valence-corrected chi connectivity index (χ2v) is 6.31. The van der Waals surface area contributed by atoms with Crippen LogP contribution in [-0.4, -0.2) is 15.9 Å². The predicted molar refractivity (Wildman–Crippen MR) is 103 cm³/mol. The Morgan fingerprint density at radius 2 is 1.77 bits per heavy atom. The molecule has 26 heavy (non-hydrogen) atoms. The lowest BCUT2D eigenvalue weighted by Crippen LogP contribution is -2.24. The molecule has 6 heteroatoms. The highest BCUT2D eigenvalue weighted by molar-refractivity contribution is 6.30. The van der Waals surface area contributed by atoms with Crippen molar-refractivity contribution < 1.29 is 4.79 Å². The summed E-state index contributed by atoms with van der Waals surface area (Å²) in [6, 6.07) is 15.5. The van der Waals surface area contributed by atoms with E-state index >= 15 is 0 Å². The van der Waals surface area contributed by atoms with E-state index in [1.54, 1.807) is 6.20 Å². The molecule has 2 aromatic carbocycles. The molecule has 0 bridgehead atoms. The minimum atomic E-state index is -0.245. The summed E-state index contributed by atoms with van der Waals surface area (Å²) in [5.41, 5.74) is 3.59. The fourth-order valence-corrected chi connectivity index (χ4v) is 2.53. The van der Waals surface area contributed by atoms with Gasteiger partial charge in [-0.2, -0.15) is 0 Å². The van der Waals surface area contributed by atoms with E-state index in [1.807, 2.05) is 55.5 Å². The van der Waals surface area contributed by atoms with Crippen LogP contribution in [0.2, 0.25) is 5.02 Å².